The fraction of sp³-hybridized carbons (Fsp3) is 0.435. The van der Waals surface area contributed by atoms with E-state index in [1.165, 1.54) is 22.1 Å². The number of aromatic nitrogens is 4. The van der Waals surface area contributed by atoms with Crippen LogP contribution in [-0.4, -0.2) is 82.7 Å². The summed E-state index contributed by atoms with van der Waals surface area (Å²) in [5, 5.41) is 41.6. The van der Waals surface area contributed by atoms with E-state index in [0.717, 1.165) is 21.5 Å². The molecule has 2 fully saturated rings. The van der Waals surface area contributed by atoms with Crippen molar-refractivity contribution >= 4 is 50.2 Å². The summed E-state index contributed by atoms with van der Waals surface area (Å²) in [6, 6.07) is 0. The highest BCUT2D eigenvalue weighted by atomic mass is 79.9. The lowest BCUT2D eigenvalue weighted by Gasteiger charge is -2.30. The van der Waals surface area contributed by atoms with Gasteiger partial charge in [0.15, 0.2) is 0 Å². The van der Waals surface area contributed by atoms with E-state index in [1.807, 2.05) is 0 Å². The lowest BCUT2D eigenvalue weighted by Crippen LogP contribution is -2.49. The molecule has 19 heteroatoms. The minimum atomic E-state index is -2.59. The van der Waals surface area contributed by atoms with E-state index in [-0.39, 0.29) is 11.1 Å². The number of aliphatic hydroxyl groups excluding tert-OH is 2. The van der Waals surface area contributed by atoms with Crippen LogP contribution in [0.1, 0.15) is 36.4 Å². The molecule has 2 aromatic rings. The van der Waals surface area contributed by atoms with E-state index < -0.39 is 90.9 Å². The second-order valence-corrected chi connectivity index (χ2v) is 10.2. The number of hydrogen-bond acceptors (Lipinski definition) is 13. The van der Waals surface area contributed by atoms with E-state index in [0.29, 0.717) is 0 Å². The van der Waals surface area contributed by atoms with Gasteiger partial charge < -0.3 is 39.4 Å². The Morgan fingerprint density at radius 2 is 1.24 bits per heavy atom. The first kappa shape index (κ1) is 31.8. The number of hydrogen-bond donors (Lipinski definition) is 6. The van der Waals surface area contributed by atoms with Gasteiger partial charge in [-0.15, -0.1) is 0 Å². The molecular weight excluding hydrogens is 700 g/mol. The number of H-pyrrole nitrogens is 2. The molecule has 2 saturated heterocycles. The Balaban J connectivity index is 1.54. The highest BCUT2D eigenvalue weighted by Crippen LogP contribution is 2.40. The predicted octanol–water partition coefficient (Wildman–Crippen LogP) is -1.09. The highest BCUT2D eigenvalue weighted by molar-refractivity contribution is 9.11. The molecule has 0 radical (unpaired) electrons. The van der Waals surface area contributed by atoms with Crippen LogP contribution in [0.5, 0.6) is 0 Å². The third kappa shape index (κ3) is 6.27. The maximum absolute atomic E-state index is 12.8. The van der Waals surface area contributed by atoms with E-state index in [2.05, 4.69) is 41.8 Å². The molecule has 0 unspecified atom stereocenters. The summed E-state index contributed by atoms with van der Waals surface area (Å²) in [6.45, 7) is -1.77. The molecule has 0 spiro atoms. The molecule has 0 amide bonds. The molecule has 42 heavy (non-hydrogen) atoms. The largest absolute Gasteiger partial charge is 0.513 e. The third-order valence-corrected chi connectivity index (χ3v) is 7.06. The van der Waals surface area contributed by atoms with Gasteiger partial charge in [0.2, 0.25) is 11.6 Å². The molecule has 0 aliphatic carbocycles. The lowest BCUT2D eigenvalue weighted by atomic mass is 10.1. The monoisotopic (exact) mass is 722 g/mol. The van der Waals surface area contributed by atoms with Gasteiger partial charge in [0.1, 0.15) is 24.7 Å². The molecule has 6 N–H and O–H groups in total. The average Bonchev–Trinajstić information content (AvgIpc) is 3.42. The number of nitrogens with one attached hydrogen (secondary N) is 2. The molecule has 0 aromatic carbocycles. The third-order valence-electron chi connectivity index (χ3n) is 6.53. The Kier molecular flexibility index (Phi) is 9.52. The molecule has 17 nitrogen and oxygen atoms in total. The van der Waals surface area contributed by atoms with Gasteiger partial charge in [0.25, 0.3) is 11.1 Å². The van der Waals surface area contributed by atoms with Crippen LogP contribution >= 0.6 is 31.9 Å². The smallest absolute Gasteiger partial charge is 0.399 e. The molecule has 0 saturated carbocycles. The fourth-order valence-electron chi connectivity index (χ4n) is 4.48. The number of nitrogens with zero attached hydrogens (tertiary/aromatic N) is 2. The minimum absolute atomic E-state index is 0.0383. The van der Waals surface area contributed by atoms with Crippen LogP contribution in [0.4, 0.5) is 4.79 Å². The SMILES string of the molecule is O=C(O[C@]1(O)C[C@H](n2cc(/C=C/Br)c(=O)[nH]c2=O)O[C@@H]1CO)O[C@]1(O)C[C@H](n2cc(/C=C/Br)c(=O)[nH]c2=O)O[C@@H]1CO. The summed E-state index contributed by atoms with van der Waals surface area (Å²) in [6.07, 6.45) is -3.83. The summed E-state index contributed by atoms with van der Waals surface area (Å²) < 4.78 is 22.9. The molecule has 2 aliphatic rings. The van der Waals surface area contributed by atoms with Crippen LogP contribution < -0.4 is 22.5 Å². The number of halogens is 2. The van der Waals surface area contributed by atoms with Crippen molar-refractivity contribution in [1.82, 2.24) is 19.1 Å². The highest BCUT2D eigenvalue weighted by Gasteiger charge is 2.55. The maximum Gasteiger partial charge on any atom is 0.513 e. The Hall–Kier alpha value is -3.17. The van der Waals surface area contributed by atoms with Gasteiger partial charge in [-0.25, -0.2) is 14.4 Å². The van der Waals surface area contributed by atoms with Crippen molar-refractivity contribution in [3.05, 3.63) is 75.2 Å². The number of aromatic amines is 2. The first-order valence-electron chi connectivity index (χ1n) is 12.0. The topological polar surface area (TPSA) is 245 Å². The van der Waals surface area contributed by atoms with Crippen molar-refractivity contribution in [3.8, 4) is 0 Å². The van der Waals surface area contributed by atoms with E-state index in [9.17, 15) is 44.4 Å². The molecule has 228 valence electrons. The van der Waals surface area contributed by atoms with Crippen LogP contribution in [0.2, 0.25) is 0 Å². The van der Waals surface area contributed by atoms with E-state index in [1.54, 1.807) is 0 Å². The average molecular weight is 724 g/mol. The quantitative estimate of drug-likeness (QED) is 0.140. The maximum atomic E-state index is 12.8. The van der Waals surface area contributed by atoms with Crippen molar-refractivity contribution in [3.63, 3.8) is 0 Å². The molecule has 2 aromatic heterocycles. The zero-order chi connectivity index (χ0) is 30.8. The second kappa shape index (κ2) is 12.6. The zero-order valence-corrected chi connectivity index (χ0v) is 24.4. The van der Waals surface area contributed by atoms with Gasteiger partial charge in [-0.3, -0.25) is 28.7 Å². The fourth-order valence-corrected chi connectivity index (χ4v) is 5.05. The van der Waals surface area contributed by atoms with Crippen LogP contribution in [0.15, 0.2) is 41.5 Å². The molecular formula is C23H24Br2N4O13. The van der Waals surface area contributed by atoms with Crippen molar-refractivity contribution < 1.29 is 44.2 Å². The van der Waals surface area contributed by atoms with Gasteiger partial charge in [-0.2, -0.15) is 0 Å². The molecule has 6 atom stereocenters. The van der Waals surface area contributed by atoms with Crippen molar-refractivity contribution in [2.75, 3.05) is 13.2 Å². The first-order valence-corrected chi connectivity index (χ1v) is 13.8. The van der Waals surface area contributed by atoms with Gasteiger partial charge in [0.05, 0.1) is 37.2 Å². The molecule has 2 aliphatic heterocycles. The Morgan fingerprint density at radius 3 is 1.57 bits per heavy atom. The van der Waals surface area contributed by atoms with Gasteiger partial charge >= 0.3 is 17.5 Å². The van der Waals surface area contributed by atoms with Gasteiger partial charge in [-0.05, 0) is 22.1 Å². The molecule has 0 bridgehead atoms. The second-order valence-electron chi connectivity index (χ2n) is 9.16. The normalized spacial score (nSPS) is 29.5. The first-order chi connectivity index (χ1) is 19.9. The van der Waals surface area contributed by atoms with Crippen molar-refractivity contribution in [1.29, 1.82) is 0 Å². The van der Waals surface area contributed by atoms with Crippen molar-refractivity contribution in [2.45, 2.75) is 49.1 Å². The summed E-state index contributed by atoms with van der Waals surface area (Å²) in [7, 11) is 0. The van der Waals surface area contributed by atoms with Gasteiger partial charge in [-0.1, -0.05) is 31.9 Å². The lowest BCUT2D eigenvalue weighted by molar-refractivity contribution is -0.252. The molecule has 4 heterocycles. The van der Waals surface area contributed by atoms with Crippen LogP contribution in [-0.2, 0) is 18.9 Å². The standard InChI is InChI=1S/C23H24Br2N4O13/c24-3-1-11-7-28(19(34)26-17(11)32)15-5-22(37,13(9-30)39-15)41-21(36)42-23(38)6-16(40-14(23)10-31)29-8-12(2-4-25)18(33)27-20(29)35/h1-4,7-8,13-16,30-31,37-38H,5-6,9-10H2,(H,26,32,34)(H,27,33,35)/b3-1+,4-2+/t13-,14-,15-,16-,22-,23-/m1/s1. The Morgan fingerprint density at radius 1 is 0.857 bits per heavy atom. The summed E-state index contributed by atoms with van der Waals surface area (Å²) in [4.78, 5) is 68.4. The van der Waals surface area contributed by atoms with Crippen LogP contribution in [0, 0.1) is 0 Å². The van der Waals surface area contributed by atoms with Gasteiger partial charge in [0, 0.05) is 12.4 Å². The number of rotatable bonds is 8. The Labute approximate surface area is 250 Å². The number of carbonyl (C=O) groups excluding carboxylic acids is 1. The van der Waals surface area contributed by atoms with Crippen LogP contribution in [0.25, 0.3) is 12.2 Å². The molecule has 4 rings (SSSR count). The Bertz CT molecular complexity index is 1510. The van der Waals surface area contributed by atoms with E-state index in [4.69, 9.17) is 18.9 Å². The summed E-state index contributed by atoms with van der Waals surface area (Å²) in [5.74, 6) is -5.18. The van der Waals surface area contributed by atoms with Crippen molar-refractivity contribution in [2.24, 2.45) is 0 Å². The summed E-state index contributed by atoms with van der Waals surface area (Å²) >= 11 is 6.04. The van der Waals surface area contributed by atoms with E-state index >= 15 is 0 Å². The number of aliphatic hydroxyl groups is 4. The number of carbonyl (C=O) groups is 1. The summed E-state index contributed by atoms with van der Waals surface area (Å²) in [5.41, 5.74) is -3.17. The minimum Gasteiger partial charge on any atom is -0.399 e. The number of ether oxygens (including phenoxy) is 4. The van der Waals surface area contributed by atoms with Crippen LogP contribution in [0.3, 0.4) is 0 Å². The predicted molar refractivity (Wildman–Crippen MR) is 147 cm³/mol. The zero-order valence-electron chi connectivity index (χ0n) is 21.2.